The minimum Gasteiger partial charge on any atom is -0.320 e. The van der Waals surface area contributed by atoms with Crippen LogP contribution in [0.4, 0.5) is 0 Å². The van der Waals surface area contributed by atoms with Crippen LogP contribution < -0.4 is 5.73 Å². The summed E-state index contributed by atoms with van der Waals surface area (Å²) >= 11 is 1.70. The Kier molecular flexibility index (Phi) is 4.37. The van der Waals surface area contributed by atoms with E-state index in [1.807, 2.05) is 0 Å². The molecule has 1 aromatic rings. The molecule has 1 heterocycles. The Morgan fingerprint density at radius 1 is 1.29 bits per heavy atom. The normalized spacial score (nSPS) is 16.2. The van der Waals surface area contributed by atoms with Crippen molar-refractivity contribution in [2.45, 2.75) is 65.3 Å². The zero-order valence-corrected chi connectivity index (χ0v) is 12.8. The Balaban J connectivity index is 2.81. The van der Waals surface area contributed by atoms with E-state index in [1.54, 1.807) is 11.3 Å². The van der Waals surface area contributed by atoms with Crippen LogP contribution in [0.2, 0.25) is 0 Å². The Bertz CT molecular complexity index is 359. The van der Waals surface area contributed by atoms with E-state index in [0.717, 1.165) is 23.5 Å². The molecule has 17 heavy (non-hydrogen) atoms. The van der Waals surface area contributed by atoms with Gasteiger partial charge in [-0.2, -0.15) is 0 Å². The van der Waals surface area contributed by atoms with Gasteiger partial charge in [0.25, 0.3) is 0 Å². The quantitative estimate of drug-likeness (QED) is 0.880. The first-order valence-corrected chi connectivity index (χ1v) is 7.26. The van der Waals surface area contributed by atoms with Gasteiger partial charge in [0.15, 0.2) is 0 Å². The number of nitrogens with zero attached hydrogens (tertiary/aromatic N) is 1. The van der Waals surface area contributed by atoms with Crippen LogP contribution >= 0.6 is 11.3 Å². The van der Waals surface area contributed by atoms with Gasteiger partial charge in [-0.25, -0.2) is 4.98 Å². The van der Waals surface area contributed by atoms with Gasteiger partial charge >= 0.3 is 0 Å². The van der Waals surface area contributed by atoms with E-state index in [0.29, 0.717) is 5.92 Å². The lowest BCUT2D eigenvalue weighted by Crippen LogP contribution is -2.33. The first-order valence-electron chi connectivity index (χ1n) is 6.38. The number of aromatic nitrogens is 1. The van der Waals surface area contributed by atoms with Crippen LogP contribution in [0.1, 0.15) is 65.1 Å². The highest BCUT2D eigenvalue weighted by Gasteiger charge is 2.27. The van der Waals surface area contributed by atoms with Gasteiger partial charge in [0.05, 0.1) is 11.2 Å². The van der Waals surface area contributed by atoms with Crippen LogP contribution in [-0.2, 0) is 11.0 Å². The molecule has 1 atom stereocenters. The van der Waals surface area contributed by atoms with Crippen molar-refractivity contribution in [3.05, 3.63) is 16.1 Å². The molecule has 0 amide bonds. The van der Waals surface area contributed by atoms with E-state index < -0.39 is 0 Å². The number of hydrogen-bond donors (Lipinski definition) is 1. The van der Waals surface area contributed by atoms with Crippen LogP contribution in [0, 0.1) is 5.92 Å². The smallest absolute Gasteiger partial charge is 0.112 e. The van der Waals surface area contributed by atoms with E-state index in [1.165, 1.54) is 0 Å². The van der Waals surface area contributed by atoms with Crippen molar-refractivity contribution in [1.82, 2.24) is 4.98 Å². The summed E-state index contributed by atoms with van der Waals surface area (Å²) in [6.45, 7) is 13.1. The maximum atomic E-state index is 6.39. The predicted octanol–water partition coefficient (Wildman–Crippen LogP) is 4.05. The molecule has 0 aliphatic carbocycles. The van der Waals surface area contributed by atoms with Crippen LogP contribution in [-0.4, -0.2) is 4.98 Å². The van der Waals surface area contributed by atoms with Gasteiger partial charge in [-0.3, -0.25) is 0 Å². The molecular weight excluding hydrogens is 228 g/mol. The average molecular weight is 254 g/mol. The summed E-state index contributed by atoms with van der Waals surface area (Å²) in [6, 6.07) is 0. The molecule has 0 aliphatic rings. The zero-order chi connectivity index (χ0) is 13.3. The highest BCUT2D eigenvalue weighted by Crippen LogP contribution is 2.31. The summed E-state index contributed by atoms with van der Waals surface area (Å²) in [5, 5.41) is 3.22. The highest BCUT2D eigenvalue weighted by atomic mass is 32.1. The van der Waals surface area contributed by atoms with Crippen LogP contribution in [0.3, 0.4) is 0 Å². The van der Waals surface area contributed by atoms with Gasteiger partial charge in [-0.1, -0.05) is 34.6 Å². The monoisotopic (exact) mass is 254 g/mol. The lowest BCUT2D eigenvalue weighted by atomic mass is 9.92. The maximum Gasteiger partial charge on any atom is 0.112 e. The van der Waals surface area contributed by atoms with Gasteiger partial charge in [0.2, 0.25) is 0 Å². The van der Waals surface area contributed by atoms with Crippen molar-refractivity contribution in [2.75, 3.05) is 0 Å². The first-order chi connectivity index (χ1) is 7.63. The van der Waals surface area contributed by atoms with Crippen molar-refractivity contribution in [1.29, 1.82) is 0 Å². The fraction of sp³-hybridized carbons (Fsp3) is 0.786. The molecule has 0 fully saturated rings. The lowest BCUT2D eigenvalue weighted by Gasteiger charge is -2.23. The molecule has 0 radical (unpaired) electrons. The van der Waals surface area contributed by atoms with Crippen molar-refractivity contribution >= 4 is 11.3 Å². The van der Waals surface area contributed by atoms with Crippen LogP contribution in [0.5, 0.6) is 0 Å². The summed E-state index contributed by atoms with van der Waals surface area (Å²) < 4.78 is 0. The second-order valence-corrected chi connectivity index (χ2v) is 7.50. The number of nitrogens with two attached hydrogens (primary N) is 1. The fourth-order valence-corrected chi connectivity index (χ4v) is 2.73. The third kappa shape index (κ3) is 4.07. The van der Waals surface area contributed by atoms with Gasteiger partial charge in [-0.15, -0.1) is 11.3 Å². The van der Waals surface area contributed by atoms with Crippen LogP contribution in [0.15, 0.2) is 5.38 Å². The maximum absolute atomic E-state index is 6.39. The summed E-state index contributed by atoms with van der Waals surface area (Å²) in [5.41, 5.74) is 7.38. The Hall–Kier alpha value is -0.410. The third-order valence-corrected chi connectivity index (χ3v) is 4.12. The minimum atomic E-state index is -0.279. The van der Waals surface area contributed by atoms with E-state index in [-0.39, 0.29) is 11.0 Å². The van der Waals surface area contributed by atoms with Crippen molar-refractivity contribution in [2.24, 2.45) is 11.7 Å². The molecule has 0 bridgehead atoms. The van der Waals surface area contributed by atoms with Gasteiger partial charge < -0.3 is 5.73 Å². The molecule has 1 aromatic heterocycles. The molecule has 2 nitrogen and oxygen atoms in total. The molecule has 2 N–H and O–H groups in total. The highest BCUT2D eigenvalue weighted by molar-refractivity contribution is 7.09. The first kappa shape index (κ1) is 14.7. The molecule has 98 valence electrons. The van der Waals surface area contributed by atoms with E-state index in [9.17, 15) is 0 Å². The standard InChI is InChI=1S/C14H26N2S/c1-10(2)7-8-14(6,15)12-16-11(9-17-12)13(3,4)5/h9-10H,7-8,15H2,1-6H3. The summed E-state index contributed by atoms with van der Waals surface area (Å²) in [7, 11) is 0. The van der Waals surface area contributed by atoms with E-state index >= 15 is 0 Å². The molecular formula is C14H26N2S. The largest absolute Gasteiger partial charge is 0.320 e. The predicted molar refractivity (Wildman–Crippen MR) is 76.4 cm³/mol. The summed E-state index contributed by atoms with van der Waals surface area (Å²) in [6.07, 6.45) is 2.15. The van der Waals surface area contributed by atoms with Crippen molar-refractivity contribution in [3.63, 3.8) is 0 Å². The van der Waals surface area contributed by atoms with E-state index in [4.69, 9.17) is 10.7 Å². The van der Waals surface area contributed by atoms with Crippen molar-refractivity contribution in [3.8, 4) is 0 Å². The summed E-state index contributed by atoms with van der Waals surface area (Å²) in [4.78, 5) is 4.72. The molecule has 1 unspecified atom stereocenters. The van der Waals surface area contributed by atoms with Crippen LogP contribution in [0.25, 0.3) is 0 Å². The molecule has 1 rings (SSSR count). The SMILES string of the molecule is CC(C)CCC(C)(N)c1nc(C(C)(C)C)cs1. The molecule has 0 aromatic carbocycles. The summed E-state index contributed by atoms with van der Waals surface area (Å²) in [5.74, 6) is 0.694. The van der Waals surface area contributed by atoms with Gasteiger partial charge in [0, 0.05) is 10.8 Å². The Morgan fingerprint density at radius 2 is 1.88 bits per heavy atom. The lowest BCUT2D eigenvalue weighted by molar-refractivity contribution is 0.393. The minimum absolute atomic E-state index is 0.114. The molecule has 0 saturated heterocycles. The molecule has 0 aliphatic heterocycles. The number of rotatable bonds is 4. The molecule has 0 saturated carbocycles. The number of hydrogen-bond acceptors (Lipinski definition) is 3. The van der Waals surface area contributed by atoms with Gasteiger partial charge in [0.1, 0.15) is 5.01 Å². The third-order valence-electron chi connectivity index (χ3n) is 3.00. The number of thiazole rings is 1. The molecule has 3 heteroatoms. The topological polar surface area (TPSA) is 38.9 Å². The van der Waals surface area contributed by atoms with Gasteiger partial charge in [-0.05, 0) is 25.7 Å². The second-order valence-electron chi connectivity index (χ2n) is 6.64. The molecule has 0 spiro atoms. The Labute approximate surface area is 110 Å². The van der Waals surface area contributed by atoms with Crippen molar-refractivity contribution < 1.29 is 0 Å². The average Bonchev–Trinajstić information content (AvgIpc) is 2.63. The Morgan fingerprint density at radius 3 is 2.29 bits per heavy atom. The fourth-order valence-electron chi connectivity index (χ4n) is 1.58. The second kappa shape index (κ2) is 5.07. The zero-order valence-electron chi connectivity index (χ0n) is 12.0. The van der Waals surface area contributed by atoms with E-state index in [2.05, 4.69) is 46.9 Å².